The van der Waals surface area contributed by atoms with Crippen molar-refractivity contribution in [2.45, 2.75) is 49.3 Å². The summed E-state index contributed by atoms with van der Waals surface area (Å²) in [5.74, 6) is 0.434. The number of rotatable bonds is 7. The van der Waals surface area contributed by atoms with Gasteiger partial charge in [-0.15, -0.1) is 0 Å². The molecule has 6 nitrogen and oxygen atoms in total. The van der Waals surface area contributed by atoms with Gasteiger partial charge in [-0.2, -0.15) is 17.5 Å². The average Bonchev–Trinajstić information content (AvgIpc) is 3.67. The van der Waals surface area contributed by atoms with E-state index in [-0.39, 0.29) is 35.9 Å². The van der Waals surface area contributed by atoms with Gasteiger partial charge in [0.05, 0.1) is 17.6 Å². The SMILES string of the molecule is COc1ccc(CN(C(=O)C2CCN(S(=O)(=O)c3cccc(C(F)(F)F)c3)CC2)C2CC2)cc1. The summed E-state index contributed by atoms with van der Waals surface area (Å²) >= 11 is 0. The number of halogens is 3. The van der Waals surface area contributed by atoms with Gasteiger partial charge in [-0.25, -0.2) is 8.42 Å². The topological polar surface area (TPSA) is 66.9 Å². The molecule has 1 aliphatic heterocycles. The zero-order valence-corrected chi connectivity index (χ0v) is 19.6. The molecule has 0 radical (unpaired) electrons. The predicted octanol–water partition coefficient (Wildman–Crippen LogP) is 4.31. The van der Waals surface area contributed by atoms with E-state index in [2.05, 4.69) is 0 Å². The van der Waals surface area contributed by atoms with Crippen LogP contribution >= 0.6 is 0 Å². The van der Waals surface area contributed by atoms with E-state index in [1.54, 1.807) is 7.11 Å². The number of sulfonamides is 1. The molecular formula is C24H27F3N2O4S. The van der Waals surface area contributed by atoms with Gasteiger partial charge >= 0.3 is 6.18 Å². The number of ether oxygens (including phenoxy) is 1. The molecule has 10 heteroatoms. The summed E-state index contributed by atoms with van der Waals surface area (Å²) in [6.45, 7) is 0.669. The molecule has 1 heterocycles. The van der Waals surface area contributed by atoms with E-state index in [4.69, 9.17) is 4.74 Å². The van der Waals surface area contributed by atoms with Crippen molar-refractivity contribution >= 4 is 15.9 Å². The van der Waals surface area contributed by atoms with Crippen LogP contribution in [0.15, 0.2) is 53.4 Å². The lowest BCUT2D eigenvalue weighted by Gasteiger charge is -2.34. The molecule has 4 rings (SSSR count). The van der Waals surface area contributed by atoms with Gasteiger partial charge < -0.3 is 9.64 Å². The molecule has 1 amide bonds. The first kappa shape index (κ1) is 24.5. The third-order valence-electron chi connectivity index (χ3n) is 6.39. The first-order valence-corrected chi connectivity index (χ1v) is 12.6. The maximum atomic E-state index is 13.3. The van der Waals surface area contributed by atoms with Gasteiger partial charge in [-0.05, 0) is 61.6 Å². The maximum Gasteiger partial charge on any atom is 0.416 e. The zero-order valence-electron chi connectivity index (χ0n) is 18.8. The van der Waals surface area contributed by atoms with E-state index in [0.717, 1.165) is 36.3 Å². The monoisotopic (exact) mass is 496 g/mol. The molecule has 1 saturated heterocycles. The Bertz CT molecular complexity index is 1120. The molecule has 0 atom stereocenters. The number of alkyl halides is 3. The number of hydrogen-bond donors (Lipinski definition) is 0. The first-order valence-electron chi connectivity index (χ1n) is 11.2. The van der Waals surface area contributed by atoms with E-state index in [1.807, 2.05) is 29.2 Å². The van der Waals surface area contributed by atoms with Gasteiger partial charge in [0.1, 0.15) is 5.75 Å². The third-order valence-corrected chi connectivity index (χ3v) is 8.28. The lowest BCUT2D eigenvalue weighted by atomic mass is 9.96. The summed E-state index contributed by atoms with van der Waals surface area (Å²) in [4.78, 5) is 14.8. The molecule has 1 aliphatic carbocycles. The van der Waals surface area contributed by atoms with Gasteiger partial charge in [0.2, 0.25) is 15.9 Å². The standard InChI is InChI=1S/C24H27F3N2O4S/c1-33-21-9-5-17(6-10-21)16-29(20-7-8-20)23(30)18-11-13-28(14-12-18)34(31,32)22-4-2-3-19(15-22)24(25,26)27/h2-6,9-10,15,18,20H,7-8,11-14,16H2,1H3. The molecule has 1 saturated carbocycles. The van der Waals surface area contributed by atoms with Crippen LogP contribution in [0.5, 0.6) is 5.75 Å². The summed E-state index contributed by atoms with van der Waals surface area (Å²) in [5.41, 5.74) is -0.0112. The van der Waals surface area contributed by atoms with Crippen LogP contribution in [0.2, 0.25) is 0 Å². The van der Waals surface area contributed by atoms with E-state index in [9.17, 15) is 26.4 Å². The lowest BCUT2D eigenvalue weighted by Crippen LogP contribution is -2.44. The minimum Gasteiger partial charge on any atom is -0.497 e. The van der Waals surface area contributed by atoms with Gasteiger partial charge in [0.15, 0.2) is 0 Å². The summed E-state index contributed by atoms with van der Waals surface area (Å²) in [7, 11) is -2.48. The molecule has 2 aromatic rings. The minimum atomic E-state index is -4.62. The predicted molar refractivity (Wildman–Crippen MR) is 119 cm³/mol. The van der Waals surface area contributed by atoms with E-state index in [1.165, 1.54) is 10.4 Å². The van der Waals surface area contributed by atoms with Gasteiger partial charge in [0.25, 0.3) is 0 Å². The highest BCUT2D eigenvalue weighted by Crippen LogP contribution is 2.34. The molecule has 2 fully saturated rings. The van der Waals surface area contributed by atoms with Crippen molar-refractivity contribution in [2.75, 3.05) is 20.2 Å². The Kier molecular flexibility index (Phi) is 6.91. The molecule has 2 aliphatic rings. The van der Waals surface area contributed by atoms with Crippen molar-refractivity contribution < 1.29 is 31.1 Å². The molecule has 34 heavy (non-hydrogen) atoms. The number of amides is 1. The second kappa shape index (κ2) is 9.58. The van der Waals surface area contributed by atoms with Crippen LogP contribution in [0.4, 0.5) is 13.2 Å². The van der Waals surface area contributed by atoms with E-state index < -0.39 is 21.8 Å². The molecule has 0 bridgehead atoms. The van der Waals surface area contributed by atoms with Gasteiger partial charge in [-0.3, -0.25) is 4.79 Å². The van der Waals surface area contributed by atoms with Crippen molar-refractivity contribution in [3.8, 4) is 5.75 Å². The molecule has 0 aromatic heterocycles. The van der Waals surface area contributed by atoms with Crippen molar-refractivity contribution in [1.82, 2.24) is 9.21 Å². The highest BCUT2D eigenvalue weighted by Gasteiger charge is 2.39. The molecular weight excluding hydrogens is 469 g/mol. The summed E-state index contributed by atoms with van der Waals surface area (Å²) < 4.78 is 71.3. The lowest BCUT2D eigenvalue weighted by molar-refractivity contribution is -0.138. The largest absolute Gasteiger partial charge is 0.497 e. The van der Waals surface area contributed by atoms with Crippen LogP contribution in [-0.4, -0.2) is 49.8 Å². The summed E-state index contributed by atoms with van der Waals surface area (Å²) in [6.07, 6.45) is -2.05. The number of nitrogens with zero attached hydrogens (tertiary/aromatic N) is 2. The Morgan fingerprint density at radius 3 is 2.26 bits per heavy atom. The normalized spacial score (nSPS) is 18.0. The molecule has 2 aromatic carbocycles. The fraction of sp³-hybridized carbons (Fsp3) is 0.458. The number of carbonyl (C=O) groups excluding carboxylic acids is 1. The summed E-state index contributed by atoms with van der Waals surface area (Å²) in [5, 5.41) is 0. The van der Waals surface area contributed by atoms with Gasteiger partial charge in [-0.1, -0.05) is 18.2 Å². The molecule has 0 unspecified atom stereocenters. The van der Waals surface area contributed by atoms with E-state index >= 15 is 0 Å². The fourth-order valence-corrected chi connectivity index (χ4v) is 5.78. The highest BCUT2D eigenvalue weighted by molar-refractivity contribution is 7.89. The Balaban J connectivity index is 1.41. The van der Waals surface area contributed by atoms with Crippen LogP contribution in [0.3, 0.4) is 0 Å². The summed E-state index contributed by atoms with van der Waals surface area (Å²) in [6, 6.07) is 11.5. The maximum absolute atomic E-state index is 13.3. The van der Waals surface area contributed by atoms with Crippen LogP contribution in [0.25, 0.3) is 0 Å². The van der Waals surface area contributed by atoms with Crippen molar-refractivity contribution in [3.63, 3.8) is 0 Å². The molecule has 184 valence electrons. The van der Waals surface area contributed by atoms with Crippen LogP contribution < -0.4 is 4.74 Å². The minimum absolute atomic E-state index is 0.00874. The second-order valence-electron chi connectivity index (χ2n) is 8.75. The van der Waals surface area contributed by atoms with Crippen molar-refractivity contribution in [2.24, 2.45) is 5.92 Å². The Morgan fingerprint density at radius 1 is 1.06 bits per heavy atom. The van der Waals surface area contributed by atoms with Crippen LogP contribution in [-0.2, 0) is 27.5 Å². The fourth-order valence-electron chi connectivity index (χ4n) is 4.26. The number of carbonyl (C=O) groups is 1. The molecule has 0 spiro atoms. The van der Waals surface area contributed by atoms with Crippen LogP contribution in [0, 0.1) is 5.92 Å². The number of piperidine rings is 1. The second-order valence-corrected chi connectivity index (χ2v) is 10.7. The number of benzene rings is 2. The zero-order chi connectivity index (χ0) is 24.5. The highest BCUT2D eigenvalue weighted by atomic mass is 32.2. The average molecular weight is 497 g/mol. The third kappa shape index (κ3) is 5.38. The first-order chi connectivity index (χ1) is 16.1. The number of methoxy groups -OCH3 is 1. The van der Waals surface area contributed by atoms with Crippen LogP contribution in [0.1, 0.15) is 36.8 Å². The van der Waals surface area contributed by atoms with Crippen molar-refractivity contribution in [3.05, 3.63) is 59.7 Å². The quantitative estimate of drug-likeness (QED) is 0.573. The van der Waals surface area contributed by atoms with Gasteiger partial charge in [0, 0.05) is 31.6 Å². The van der Waals surface area contributed by atoms with E-state index in [0.29, 0.717) is 25.5 Å². The molecule has 0 N–H and O–H groups in total. The van der Waals surface area contributed by atoms with Crippen molar-refractivity contribution in [1.29, 1.82) is 0 Å². The Morgan fingerprint density at radius 2 is 1.71 bits per heavy atom. The number of hydrogen-bond acceptors (Lipinski definition) is 4. The Labute approximate surface area is 197 Å². The smallest absolute Gasteiger partial charge is 0.416 e. The Hall–Kier alpha value is -2.59.